The highest BCUT2D eigenvalue weighted by molar-refractivity contribution is 7.91. The molecule has 1 unspecified atom stereocenters. The second-order valence-electron chi connectivity index (χ2n) is 8.00. The van der Waals surface area contributed by atoms with E-state index in [9.17, 15) is 17.6 Å². The van der Waals surface area contributed by atoms with Crippen LogP contribution in [0.1, 0.15) is 18.4 Å². The highest BCUT2D eigenvalue weighted by Gasteiger charge is 2.36. The molecule has 0 saturated carbocycles. The number of aromatic nitrogens is 2. The first-order valence-electron chi connectivity index (χ1n) is 10.7. The lowest BCUT2D eigenvalue weighted by Crippen LogP contribution is -2.46. The fraction of sp³-hybridized carbons (Fsp3) is 0.261. The predicted octanol–water partition coefficient (Wildman–Crippen LogP) is 4.53. The number of piperidine rings is 1. The van der Waals surface area contributed by atoms with E-state index in [1.54, 1.807) is 48.1 Å². The molecule has 0 radical (unpaired) electrons. The maximum atomic E-state index is 14.3. The summed E-state index contributed by atoms with van der Waals surface area (Å²) in [4.78, 5) is 23.9. The molecule has 0 spiro atoms. The summed E-state index contributed by atoms with van der Waals surface area (Å²) in [5.74, 6) is -1.20. The number of hydrogen-bond acceptors (Lipinski definition) is 7. The van der Waals surface area contributed by atoms with Gasteiger partial charge in [-0.25, -0.2) is 17.8 Å². The number of carbonyl (C=O) groups excluding carboxylic acids is 1. The Morgan fingerprint density at radius 2 is 2.09 bits per heavy atom. The van der Waals surface area contributed by atoms with Crippen molar-refractivity contribution in [1.82, 2.24) is 14.3 Å². The maximum absolute atomic E-state index is 14.3. The summed E-state index contributed by atoms with van der Waals surface area (Å²) in [7, 11) is -3.65. The number of thiophene rings is 1. The van der Waals surface area contributed by atoms with Gasteiger partial charge in [-0.3, -0.25) is 14.7 Å². The fourth-order valence-corrected chi connectivity index (χ4v) is 7.71. The Labute approximate surface area is 204 Å². The lowest BCUT2D eigenvalue weighted by molar-refractivity contribution is -0.123. The van der Waals surface area contributed by atoms with E-state index >= 15 is 0 Å². The van der Waals surface area contributed by atoms with Crippen LogP contribution in [0.15, 0.2) is 64.4 Å². The number of nitrogens with zero attached hydrogens (tertiary/aromatic N) is 4. The van der Waals surface area contributed by atoms with Gasteiger partial charge in [0.1, 0.15) is 15.5 Å². The Hall–Kier alpha value is -2.73. The number of para-hydroxylation sites is 1. The molecule has 34 heavy (non-hydrogen) atoms. The molecule has 176 valence electrons. The fourth-order valence-electron chi connectivity index (χ4n) is 4.05. The minimum absolute atomic E-state index is 0.0991. The first kappa shape index (κ1) is 23.0. The van der Waals surface area contributed by atoms with E-state index < -0.39 is 21.8 Å². The highest BCUT2D eigenvalue weighted by atomic mass is 32.2. The molecule has 1 amide bonds. The van der Waals surface area contributed by atoms with Crippen molar-refractivity contribution in [3.8, 4) is 0 Å². The molecule has 1 aromatic carbocycles. The van der Waals surface area contributed by atoms with Gasteiger partial charge in [0.2, 0.25) is 5.91 Å². The maximum Gasteiger partial charge on any atom is 0.252 e. The van der Waals surface area contributed by atoms with Gasteiger partial charge in [-0.15, -0.1) is 11.3 Å². The molecule has 3 aromatic heterocycles. The van der Waals surface area contributed by atoms with E-state index in [2.05, 4.69) is 9.97 Å². The second kappa shape index (κ2) is 9.49. The van der Waals surface area contributed by atoms with Crippen molar-refractivity contribution < 1.29 is 17.6 Å². The third-order valence-electron chi connectivity index (χ3n) is 5.74. The van der Waals surface area contributed by atoms with E-state index in [1.807, 2.05) is 6.07 Å². The van der Waals surface area contributed by atoms with Gasteiger partial charge in [0.05, 0.1) is 17.2 Å². The van der Waals surface area contributed by atoms with E-state index in [4.69, 9.17) is 0 Å². The van der Waals surface area contributed by atoms with Gasteiger partial charge < -0.3 is 0 Å². The number of pyridine rings is 1. The molecule has 0 bridgehead atoms. The summed E-state index contributed by atoms with van der Waals surface area (Å²) in [6, 6.07) is 11.6. The van der Waals surface area contributed by atoms with E-state index in [-0.39, 0.29) is 28.7 Å². The Bertz CT molecular complexity index is 1410. The van der Waals surface area contributed by atoms with Crippen LogP contribution in [0.5, 0.6) is 0 Å². The summed E-state index contributed by atoms with van der Waals surface area (Å²) in [5, 5.41) is 2.11. The number of thiazole rings is 1. The summed E-state index contributed by atoms with van der Waals surface area (Å²) < 4.78 is 42.7. The lowest BCUT2D eigenvalue weighted by atomic mass is 9.98. The molecule has 1 aliphatic heterocycles. The Morgan fingerprint density at radius 3 is 2.82 bits per heavy atom. The van der Waals surface area contributed by atoms with Crippen molar-refractivity contribution in [3.63, 3.8) is 0 Å². The molecule has 7 nitrogen and oxygen atoms in total. The minimum atomic E-state index is -3.65. The van der Waals surface area contributed by atoms with Gasteiger partial charge in [-0.1, -0.05) is 29.5 Å². The Balaban J connectivity index is 1.46. The lowest BCUT2D eigenvalue weighted by Gasteiger charge is -2.33. The molecule has 0 aliphatic carbocycles. The largest absolute Gasteiger partial charge is 0.283 e. The van der Waals surface area contributed by atoms with E-state index in [0.29, 0.717) is 29.2 Å². The number of fused-ring (bicyclic) bond motifs is 1. The molecular formula is C23H21FN4O3S3. The van der Waals surface area contributed by atoms with Crippen LogP contribution in [0.2, 0.25) is 0 Å². The minimum Gasteiger partial charge on any atom is -0.283 e. The van der Waals surface area contributed by atoms with Crippen LogP contribution in [-0.2, 0) is 21.4 Å². The van der Waals surface area contributed by atoms with Crippen molar-refractivity contribution in [2.75, 3.05) is 18.0 Å². The first-order valence-corrected chi connectivity index (χ1v) is 13.9. The van der Waals surface area contributed by atoms with Gasteiger partial charge >= 0.3 is 0 Å². The second-order valence-corrected chi connectivity index (χ2v) is 12.1. The summed E-state index contributed by atoms with van der Waals surface area (Å²) in [6.07, 6.45) is 4.47. The van der Waals surface area contributed by atoms with Crippen molar-refractivity contribution >= 4 is 54.0 Å². The van der Waals surface area contributed by atoms with Crippen LogP contribution in [-0.4, -0.2) is 41.7 Å². The molecule has 11 heteroatoms. The van der Waals surface area contributed by atoms with Gasteiger partial charge in [-0.2, -0.15) is 4.31 Å². The number of sulfonamides is 1. The number of carbonyl (C=O) groups is 1. The molecular weight excluding hydrogens is 495 g/mol. The first-order chi connectivity index (χ1) is 16.4. The standard InChI is InChI=1S/C23H21FN4O3S3/c24-18-7-1-8-19-21(18)26-23(33-19)28(14-16-5-2-10-25-13-16)22(29)17-6-3-11-27(15-17)34(30,31)20-9-4-12-32-20/h1-2,4-5,7-10,12-13,17H,3,6,11,14-15H2. The van der Waals surface area contributed by atoms with Gasteiger partial charge in [-0.05, 0) is 48.1 Å². The Morgan fingerprint density at radius 1 is 1.21 bits per heavy atom. The summed E-state index contributed by atoms with van der Waals surface area (Å²) in [5.41, 5.74) is 1.02. The van der Waals surface area contributed by atoms with Crippen molar-refractivity contribution in [3.05, 3.63) is 71.6 Å². The van der Waals surface area contributed by atoms with Crippen LogP contribution in [0.25, 0.3) is 10.2 Å². The van der Waals surface area contributed by atoms with Crippen LogP contribution in [0.4, 0.5) is 9.52 Å². The van der Waals surface area contributed by atoms with Crippen molar-refractivity contribution in [2.24, 2.45) is 5.92 Å². The third kappa shape index (κ3) is 4.48. The summed E-state index contributed by atoms with van der Waals surface area (Å²) in [6.45, 7) is 0.684. The molecule has 1 saturated heterocycles. The smallest absolute Gasteiger partial charge is 0.252 e. The summed E-state index contributed by atoms with van der Waals surface area (Å²) >= 11 is 2.40. The van der Waals surface area contributed by atoms with Crippen LogP contribution in [0.3, 0.4) is 0 Å². The molecule has 5 rings (SSSR count). The molecule has 1 aliphatic rings. The molecule has 4 heterocycles. The molecule has 0 N–H and O–H groups in total. The number of amides is 1. The van der Waals surface area contributed by atoms with Gasteiger partial charge in [0, 0.05) is 25.5 Å². The van der Waals surface area contributed by atoms with Gasteiger partial charge in [0.15, 0.2) is 5.13 Å². The molecule has 1 fully saturated rings. The van der Waals surface area contributed by atoms with E-state index in [1.165, 1.54) is 37.9 Å². The number of hydrogen-bond donors (Lipinski definition) is 0. The molecule has 1 atom stereocenters. The topological polar surface area (TPSA) is 83.5 Å². The quantitative estimate of drug-likeness (QED) is 0.376. The van der Waals surface area contributed by atoms with Crippen LogP contribution in [0, 0.1) is 11.7 Å². The zero-order valence-electron chi connectivity index (χ0n) is 18.0. The normalized spacial score (nSPS) is 17.1. The van der Waals surface area contributed by atoms with E-state index in [0.717, 1.165) is 5.56 Å². The zero-order valence-corrected chi connectivity index (χ0v) is 20.5. The number of rotatable bonds is 6. The van der Waals surface area contributed by atoms with Crippen LogP contribution >= 0.6 is 22.7 Å². The third-order valence-corrected chi connectivity index (χ3v) is 10.0. The number of halogens is 1. The van der Waals surface area contributed by atoms with Crippen molar-refractivity contribution in [1.29, 1.82) is 0 Å². The monoisotopic (exact) mass is 516 g/mol. The SMILES string of the molecule is O=C(C1CCCN(S(=O)(=O)c2cccs2)C1)N(Cc1cccnc1)c1nc2c(F)cccc2s1. The average molecular weight is 517 g/mol. The average Bonchev–Trinajstić information content (AvgIpc) is 3.54. The van der Waals surface area contributed by atoms with Crippen molar-refractivity contribution in [2.45, 2.75) is 23.6 Å². The number of anilines is 1. The van der Waals surface area contributed by atoms with Gasteiger partial charge in [0.25, 0.3) is 10.0 Å². The highest BCUT2D eigenvalue weighted by Crippen LogP contribution is 2.34. The van der Waals surface area contributed by atoms with Crippen LogP contribution < -0.4 is 4.90 Å². The number of benzene rings is 1. The predicted molar refractivity (Wildman–Crippen MR) is 131 cm³/mol. The zero-order chi connectivity index (χ0) is 23.7. The Kier molecular flexibility index (Phi) is 6.43. The molecule has 4 aromatic rings.